The highest BCUT2D eigenvalue weighted by Crippen LogP contribution is 2.34. The molecule has 0 aromatic heterocycles. The Kier molecular flexibility index (Phi) is 9.53. The minimum Gasteiger partial charge on any atom is -0.350 e. The number of benzene rings is 2. The van der Waals surface area contributed by atoms with E-state index in [-0.39, 0.29) is 41.9 Å². The molecule has 4 rings (SSSR count). The van der Waals surface area contributed by atoms with E-state index in [1.54, 1.807) is 6.07 Å². The normalized spacial score (nSPS) is 22.4. The minimum atomic E-state index is -0.189. The van der Waals surface area contributed by atoms with E-state index in [1.165, 1.54) is 12.5 Å². The first-order valence-corrected chi connectivity index (χ1v) is 13.0. The van der Waals surface area contributed by atoms with Crippen molar-refractivity contribution in [1.82, 2.24) is 10.2 Å². The third-order valence-electron chi connectivity index (χ3n) is 7.71. The standard InChI is InChI=1S/C29H38FN3O2.ClH/c1-5-32-12-8-10-25(32)17-31-28(34)24-14-19(2)27(20(3)15-24)33-18-22(13-21(4)29(33)35)16-23-9-6-7-11-26(23)30;/h6-7,9,11,14-15,21-22,25H,5,8,10,12-13,16-18H2,1-4H3,(H,31,34);1H/t21-,22-,25?;/m1./s1. The highest BCUT2D eigenvalue weighted by molar-refractivity contribution is 5.99. The lowest BCUT2D eigenvalue weighted by molar-refractivity contribution is -0.124. The molecule has 2 saturated heterocycles. The van der Waals surface area contributed by atoms with Crippen LogP contribution in [0.3, 0.4) is 0 Å². The summed E-state index contributed by atoms with van der Waals surface area (Å²) in [6.45, 7) is 11.4. The highest BCUT2D eigenvalue weighted by Gasteiger charge is 2.34. The van der Waals surface area contributed by atoms with Crippen LogP contribution in [0, 0.1) is 31.5 Å². The Morgan fingerprint density at radius 1 is 1.17 bits per heavy atom. The fraction of sp³-hybridized carbons (Fsp3) is 0.517. The smallest absolute Gasteiger partial charge is 0.251 e. The molecule has 0 spiro atoms. The Balaban J connectivity index is 0.00000361. The lowest BCUT2D eigenvalue weighted by Crippen LogP contribution is -2.46. The predicted molar refractivity (Wildman–Crippen MR) is 145 cm³/mol. The van der Waals surface area contributed by atoms with Gasteiger partial charge in [-0.1, -0.05) is 32.0 Å². The van der Waals surface area contributed by atoms with Gasteiger partial charge in [0, 0.05) is 36.3 Å². The summed E-state index contributed by atoms with van der Waals surface area (Å²) in [5.74, 6) is -0.115. The molecule has 2 heterocycles. The molecule has 5 nitrogen and oxygen atoms in total. The van der Waals surface area contributed by atoms with Crippen LogP contribution < -0.4 is 10.2 Å². The SMILES string of the molecule is CCN1CCCC1CNC(=O)c1cc(C)c(N2C[C@@H](Cc3ccccc3F)C[C@@H](C)C2=O)c(C)c1.Cl. The maximum atomic E-state index is 14.3. The number of amides is 2. The summed E-state index contributed by atoms with van der Waals surface area (Å²) in [4.78, 5) is 30.4. The molecule has 3 atom stereocenters. The van der Waals surface area contributed by atoms with Gasteiger partial charge in [-0.05, 0) is 93.4 Å². The van der Waals surface area contributed by atoms with Crippen molar-refractivity contribution in [3.63, 3.8) is 0 Å². The number of carbonyl (C=O) groups excluding carboxylic acids is 2. The van der Waals surface area contributed by atoms with Gasteiger partial charge in [-0.3, -0.25) is 14.5 Å². The molecule has 1 unspecified atom stereocenters. The van der Waals surface area contributed by atoms with Crippen molar-refractivity contribution in [3.8, 4) is 0 Å². The van der Waals surface area contributed by atoms with Gasteiger partial charge in [-0.25, -0.2) is 4.39 Å². The van der Waals surface area contributed by atoms with Crippen molar-refractivity contribution in [2.24, 2.45) is 11.8 Å². The van der Waals surface area contributed by atoms with Crippen LogP contribution in [0.1, 0.15) is 60.2 Å². The van der Waals surface area contributed by atoms with Crippen LogP contribution in [-0.4, -0.2) is 48.9 Å². The van der Waals surface area contributed by atoms with Gasteiger partial charge < -0.3 is 10.2 Å². The van der Waals surface area contributed by atoms with Crippen molar-refractivity contribution in [2.45, 2.75) is 59.4 Å². The van der Waals surface area contributed by atoms with Gasteiger partial charge in [0.1, 0.15) is 5.82 Å². The molecule has 0 saturated carbocycles. The molecule has 2 aromatic carbocycles. The van der Waals surface area contributed by atoms with Gasteiger partial charge in [0.05, 0.1) is 0 Å². The summed E-state index contributed by atoms with van der Waals surface area (Å²) < 4.78 is 14.3. The number of halogens is 2. The molecule has 2 aliphatic rings. The summed E-state index contributed by atoms with van der Waals surface area (Å²) in [6.07, 6.45) is 3.66. The summed E-state index contributed by atoms with van der Waals surface area (Å²) in [6, 6.07) is 11.1. The molecule has 7 heteroatoms. The number of hydrogen-bond donors (Lipinski definition) is 1. The number of likely N-dealkylation sites (tertiary alicyclic amines) is 1. The number of nitrogens with zero attached hydrogens (tertiary/aromatic N) is 2. The van der Waals surface area contributed by atoms with Gasteiger partial charge in [-0.2, -0.15) is 0 Å². The second kappa shape index (κ2) is 12.2. The van der Waals surface area contributed by atoms with Crippen LogP contribution >= 0.6 is 12.4 Å². The Bertz CT molecular complexity index is 1070. The molecule has 196 valence electrons. The first-order valence-electron chi connectivity index (χ1n) is 13.0. The van der Waals surface area contributed by atoms with Crippen LogP contribution in [0.2, 0.25) is 0 Å². The summed E-state index contributed by atoms with van der Waals surface area (Å²) in [7, 11) is 0. The van der Waals surface area contributed by atoms with Gasteiger partial charge in [0.25, 0.3) is 5.91 Å². The van der Waals surface area contributed by atoms with Crippen LogP contribution in [-0.2, 0) is 11.2 Å². The van der Waals surface area contributed by atoms with E-state index in [2.05, 4.69) is 17.1 Å². The Labute approximate surface area is 220 Å². The number of likely N-dealkylation sites (N-methyl/N-ethyl adjacent to an activating group) is 1. The first kappa shape index (κ1) is 28.1. The number of anilines is 1. The van der Waals surface area contributed by atoms with Crippen LogP contribution in [0.5, 0.6) is 0 Å². The van der Waals surface area contributed by atoms with E-state index in [0.717, 1.165) is 42.7 Å². The largest absolute Gasteiger partial charge is 0.350 e. The molecule has 0 aliphatic carbocycles. The Morgan fingerprint density at radius 2 is 1.86 bits per heavy atom. The second-order valence-electron chi connectivity index (χ2n) is 10.3. The van der Waals surface area contributed by atoms with Crippen molar-refractivity contribution in [1.29, 1.82) is 0 Å². The zero-order valence-corrected chi connectivity index (χ0v) is 22.7. The number of aryl methyl sites for hydroxylation is 2. The molecule has 2 aliphatic heterocycles. The maximum absolute atomic E-state index is 14.3. The molecule has 2 amide bonds. The zero-order chi connectivity index (χ0) is 25.1. The number of hydrogen-bond acceptors (Lipinski definition) is 3. The Morgan fingerprint density at radius 3 is 2.53 bits per heavy atom. The zero-order valence-electron chi connectivity index (χ0n) is 21.9. The number of piperidine rings is 1. The van der Waals surface area contributed by atoms with E-state index in [9.17, 15) is 14.0 Å². The fourth-order valence-corrected chi connectivity index (χ4v) is 5.98. The topological polar surface area (TPSA) is 52.7 Å². The van der Waals surface area contributed by atoms with Crippen LogP contribution in [0.4, 0.5) is 10.1 Å². The van der Waals surface area contributed by atoms with Crippen LogP contribution in [0.15, 0.2) is 36.4 Å². The van der Waals surface area contributed by atoms with Crippen molar-refractivity contribution >= 4 is 29.9 Å². The highest BCUT2D eigenvalue weighted by atomic mass is 35.5. The lowest BCUT2D eigenvalue weighted by Gasteiger charge is -2.38. The monoisotopic (exact) mass is 515 g/mol. The maximum Gasteiger partial charge on any atom is 0.251 e. The average Bonchev–Trinajstić information content (AvgIpc) is 3.29. The number of nitrogens with one attached hydrogen (secondary N) is 1. The van der Waals surface area contributed by atoms with E-state index >= 15 is 0 Å². The van der Waals surface area contributed by atoms with E-state index in [0.29, 0.717) is 36.7 Å². The number of rotatable bonds is 7. The molecular weight excluding hydrogens is 477 g/mol. The summed E-state index contributed by atoms with van der Waals surface area (Å²) >= 11 is 0. The van der Waals surface area contributed by atoms with Gasteiger partial charge in [0.2, 0.25) is 5.91 Å². The van der Waals surface area contributed by atoms with E-state index < -0.39 is 0 Å². The molecule has 0 radical (unpaired) electrons. The third-order valence-corrected chi connectivity index (χ3v) is 7.71. The van der Waals surface area contributed by atoms with Gasteiger partial charge >= 0.3 is 0 Å². The minimum absolute atomic E-state index is 0. The molecule has 0 bridgehead atoms. The van der Waals surface area contributed by atoms with Crippen molar-refractivity contribution < 1.29 is 14.0 Å². The van der Waals surface area contributed by atoms with Crippen molar-refractivity contribution in [3.05, 3.63) is 64.5 Å². The summed E-state index contributed by atoms with van der Waals surface area (Å²) in [5.41, 5.74) is 4.04. The Hall–Kier alpha value is -2.44. The van der Waals surface area contributed by atoms with Gasteiger partial charge in [-0.15, -0.1) is 12.4 Å². The molecule has 36 heavy (non-hydrogen) atoms. The molecule has 1 N–H and O–H groups in total. The van der Waals surface area contributed by atoms with E-state index in [4.69, 9.17) is 0 Å². The van der Waals surface area contributed by atoms with Crippen molar-refractivity contribution in [2.75, 3.05) is 31.1 Å². The molecule has 2 fully saturated rings. The fourth-order valence-electron chi connectivity index (χ4n) is 5.98. The first-order chi connectivity index (χ1) is 16.8. The summed E-state index contributed by atoms with van der Waals surface area (Å²) in [5, 5.41) is 3.12. The lowest BCUT2D eigenvalue weighted by atomic mass is 9.84. The van der Waals surface area contributed by atoms with Crippen LogP contribution in [0.25, 0.3) is 0 Å². The third kappa shape index (κ3) is 6.09. The van der Waals surface area contributed by atoms with E-state index in [1.807, 2.05) is 49.9 Å². The molecular formula is C29H39ClFN3O2. The van der Waals surface area contributed by atoms with Gasteiger partial charge in [0.15, 0.2) is 0 Å². The average molecular weight is 516 g/mol. The molecule has 2 aromatic rings. The second-order valence-corrected chi connectivity index (χ2v) is 10.3. The predicted octanol–water partition coefficient (Wildman–Crippen LogP) is 5.31. The number of carbonyl (C=O) groups is 2. The quantitative estimate of drug-likeness (QED) is 0.543.